The maximum absolute atomic E-state index is 6.42. The third-order valence-corrected chi connectivity index (χ3v) is 6.25. The van der Waals surface area contributed by atoms with Gasteiger partial charge in [0, 0.05) is 16.7 Å². The molecular weight excluding hydrogens is 420 g/mol. The summed E-state index contributed by atoms with van der Waals surface area (Å²) in [7, 11) is 0. The standard InChI is InChI=1S/C27H26O6/c1-4-10-18(11-5-1)25-28-16-21(30-25)23-24(33-27(32-23)20-14-8-3-9-15-20)22-17-29-26(31-22)19-12-6-2-7-13-19/h1-15,21-27H,16-17H2/t21-,22+,23-,24-,25?,26?,27?/m1/s1. The van der Waals surface area contributed by atoms with Gasteiger partial charge in [-0.1, -0.05) is 91.0 Å². The average molecular weight is 446 g/mol. The van der Waals surface area contributed by atoms with E-state index in [2.05, 4.69) is 0 Å². The Labute approximate surface area is 192 Å². The van der Waals surface area contributed by atoms with E-state index in [-0.39, 0.29) is 24.4 Å². The molecule has 3 aromatic carbocycles. The van der Waals surface area contributed by atoms with Gasteiger partial charge in [-0.15, -0.1) is 0 Å². The highest BCUT2D eigenvalue weighted by Crippen LogP contribution is 2.42. The minimum Gasteiger partial charge on any atom is -0.346 e. The maximum Gasteiger partial charge on any atom is 0.184 e. The molecule has 6 rings (SSSR count). The zero-order chi connectivity index (χ0) is 22.0. The van der Waals surface area contributed by atoms with Crippen molar-refractivity contribution in [2.24, 2.45) is 0 Å². The van der Waals surface area contributed by atoms with Gasteiger partial charge in [0.2, 0.25) is 0 Å². The molecule has 3 heterocycles. The molecule has 0 radical (unpaired) electrons. The van der Waals surface area contributed by atoms with Crippen molar-refractivity contribution >= 4 is 0 Å². The van der Waals surface area contributed by atoms with Crippen molar-refractivity contribution < 1.29 is 28.4 Å². The van der Waals surface area contributed by atoms with Gasteiger partial charge in [0.1, 0.15) is 24.4 Å². The van der Waals surface area contributed by atoms with Crippen molar-refractivity contribution in [2.45, 2.75) is 43.3 Å². The van der Waals surface area contributed by atoms with Gasteiger partial charge >= 0.3 is 0 Å². The van der Waals surface area contributed by atoms with Crippen LogP contribution < -0.4 is 0 Å². The van der Waals surface area contributed by atoms with Gasteiger partial charge in [0.25, 0.3) is 0 Å². The monoisotopic (exact) mass is 446 g/mol. The average Bonchev–Trinajstić information content (AvgIpc) is 3.65. The van der Waals surface area contributed by atoms with Gasteiger partial charge in [0.15, 0.2) is 18.9 Å². The van der Waals surface area contributed by atoms with Gasteiger partial charge in [0.05, 0.1) is 13.2 Å². The minimum absolute atomic E-state index is 0.284. The lowest BCUT2D eigenvalue weighted by atomic mass is 10.0. The normalized spacial score (nSPS) is 34.0. The van der Waals surface area contributed by atoms with Crippen LogP contribution in [-0.2, 0) is 28.4 Å². The zero-order valence-corrected chi connectivity index (χ0v) is 18.1. The summed E-state index contributed by atoms with van der Waals surface area (Å²) < 4.78 is 37.4. The Bertz CT molecular complexity index is 965. The van der Waals surface area contributed by atoms with Gasteiger partial charge in [-0.05, 0) is 0 Å². The van der Waals surface area contributed by atoms with Gasteiger partial charge in [-0.2, -0.15) is 0 Å². The van der Waals surface area contributed by atoms with Crippen molar-refractivity contribution in [1.29, 1.82) is 0 Å². The van der Waals surface area contributed by atoms with Crippen LogP contribution in [0.15, 0.2) is 91.0 Å². The van der Waals surface area contributed by atoms with E-state index in [4.69, 9.17) is 28.4 Å². The first-order valence-corrected chi connectivity index (χ1v) is 11.3. The summed E-state index contributed by atoms with van der Waals surface area (Å²) in [5.74, 6) is 0. The van der Waals surface area contributed by atoms with Crippen LogP contribution in [0.25, 0.3) is 0 Å². The molecule has 0 spiro atoms. The summed E-state index contributed by atoms with van der Waals surface area (Å²) in [4.78, 5) is 0. The third kappa shape index (κ3) is 4.34. The number of ether oxygens (including phenoxy) is 6. The summed E-state index contributed by atoms with van der Waals surface area (Å²) in [6.45, 7) is 0.836. The first-order chi connectivity index (χ1) is 16.3. The van der Waals surface area contributed by atoms with Crippen molar-refractivity contribution in [3.05, 3.63) is 108 Å². The minimum atomic E-state index is -0.500. The third-order valence-electron chi connectivity index (χ3n) is 6.25. The quantitative estimate of drug-likeness (QED) is 0.567. The second kappa shape index (κ2) is 9.35. The number of hydrogen-bond donors (Lipinski definition) is 0. The fourth-order valence-corrected chi connectivity index (χ4v) is 4.59. The first kappa shape index (κ1) is 21.0. The summed E-state index contributed by atoms with van der Waals surface area (Å²) >= 11 is 0. The molecule has 0 bridgehead atoms. The molecule has 3 aliphatic heterocycles. The molecule has 7 atom stereocenters. The highest BCUT2D eigenvalue weighted by Gasteiger charge is 2.51. The molecule has 0 amide bonds. The Hall–Kier alpha value is -2.58. The largest absolute Gasteiger partial charge is 0.346 e. The van der Waals surface area contributed by atoms with Crippen molar-refractivity contribution in [2.75, 3.05) is 13.2 Å². The van der Waals surface area contributed by atoms with Crippen molar-refractivity contribution in [3.8, 4) is 0 Å². The molecule has 0 aliphatic carbocycles. The lowest BCUT2D eigenvalue weighted by Gasteiger charge is -2.25. The van der Waals surface area contributed by atoms with Crippen LogP contribution in [0, 0.1) is 0 Å². The molecule has 0 saturated carbocycles. The molecule has 6 nitrogen and oxygen atoms in total. The molecular formula is C27H26O6. The lowest BCUT2D eigenvalue weighted by molar-refractivity contribution is -0.107. The summed E-state index contributed by atoms with van der Waals surface area (Å²) in [5, 5.41) is 0. The maximum atomic E-state index is 6.42. The highest BCUT2D eigenvalue weighted by molar-refractivity contribution is 5.19. The lowest BCUT2D eigenvalue weighted by Crippen LogP contribution is -2.44. The second-order valence-electron chi connectivity index (χ2n) is 8.44. The summed E-state index contributed by atoms with van der Waals surface area (Å²) in [6.07, 6.45) is -2.62. The zero-order valence-electron chi connectivity index (χ0n) is 18.1. The Morgan fingerprint density at radius 3 is 1.18 bits per heavy atom. The van der Waals surface area contributed by atoms with Gasteiger partial charge < -0.3 is 28.4 Å². The summed E-state index contributed by atoms with van der Waals surface area (Å²) in [6, 6.07) is 29.8. The molecule has 3 aliphatic rings. The first-order valence-electron chi connectivity index (χ1n) is 11.3. The van der Waals surface area contributed by atoms with E-state index in [1.807, 2.05) is 91.0 Å². The van der Waals surface area contributed by atoms with Crippen LogP contribution in [0.2, 0.25) is 0 Å². The molecule has 33 heavy (non-hydrogen) atoms. The molecule has 6 heteroatoms. The van der Waals surface area contributed by atoms with E-state index in [1.165, 1.54) is 0 Å². The van der Waals surface area contributed by atoms with Crippen LogP contribution in [-0.4, -0.2) is 37.6 Å². The number of hydrogen-bond acceptors (Lipinski definition) is 6. The van der Waals surface area contributed by atoms with Crippen molar-refractivity contribution in [3.63, 3.8) is 0 Å². The molecule has 0 aromatic heterocycles. The fourth-order valence-electron chi connectivity index (χ4n) is 4.59. The predicted octanol–water partition coefficient (Wildman–Crippen LogP) is 4.70. The number of rotatable bonds is 5. The van der Waals surface area contributed by atoms with Gasteiger partial charge in [-0.3, -0.25) is 0 Å². The SMILES string of the molecule is c1ccc(C2O[C@H]([C@@H]3COC(c4ccccc4)O3)[C@@H]([C@H]3COC(c4ccccc4)O3)O2)cc1. The molecule has 3 fully saturated rings. The Morgan fingerprint density at radius 1 is 0.424 bits per heavy atom. The molecule has 0 N–H and O–H groups in total. The van der Waals surface area contributed by atoms with E-state index >= 15 is 0 Å². The van der Waals surface area contributed by atoms with E-state index in [0.717, 1.165) is 16.7 Å². The molecule has 3 saturated heterocycles. The topological polar surface area (TPSA) is 55.4 Å². The van der Waals surface area contributed by atoms with E-state index in [9.17, 15) is 0 Å². The van der Waals surface area contributed by atoms with E-state index in [1.54, 1.807) is 0 Å². The fraction of sp³-hybridized carbons (Fsp3) is 0.333. The molecule has 3 aromatic rings. The Balaban J connectivity index is 1.21. The van der Waals surface area contributed by atoms with Crippen LogP contribution in [0.1, 0.15) is 35.6 Å². The molecule has 170 valence electrons. The van der Waals surface area contributed by atoms with E-state index in [0.29, 0.717) is 13.2 Å². The van der Waals surface area contributed by atoms with Crippen LogP contribution in [0.3, 0.4) is 0 Å². The second-order valence-corrected chi connectivity index (χ2v) is 8.44. The summed E-state index contributed by atoms with van der Waals surface area (Å²) in [5.41, 5.74) is 2.93. The van der Waals surface area contributed by atoms with Crippen LogP contribution in [0.4, 0.5) is 0 Å². The Kier molecular flexibility index (Phi) is 5.94. The van der Waals surface area contributed by atoms with Crippen LogP contribution >= 0.6 is 0 Å². The van der Waals surface area contributed by atoms with E-state index < -0.39 is 18.9 Å². The predicted molar refractivity (Wildman–Crippen MR) is 119 cm³/mol. The number of benzene rings is 3. The molecule has 3 unspecified atom stereocenters. The Morgan fingerprint density at radius 2 is 0.788 bits per heavy atom. The smallest absolute Gasteiger partial charge is 0.184 e. The van der Waals surface area contributed by atoms with Crippen molar-refractivity contribution in [1.82, 2.24) is 0 Å². The highest BCUT2D eigenvalue weighted by atomic mass is 16.8. The van der Waals surface area contributed by atoms with Crippen LogP contribution in [0.5, 0.6) is 0 Å². The van der Waals surface area contributed by atoms with Gasteiger partial charge in [-0.25, -0.2) is 0 Å².